The quantitative estimate of drug-likeness (QED) is 0.738. The average Bonchev–Trinajstić information content (AvgIpc) is 3.06. The molecule has 1 aromatic rings. The first kappa shape index (κ1) is 12.5. The van der Waals surface area contributed by atoms with E-state index in [0.29, 0.717) is 16.3 Å². The summed E-state index contributed by atoms with van der Waals surface area (Å²) < 4.78 is 14.7. The second kappa shape index (κ2) is 4.13. The van der Waals surface area contributed by atoms with Gasteiger partial charge in [-0.1, -0.05) is 15.9 Å². The molecule has 0 aromatic heterocycles. The Morgan fingerprint density at radius 3 is 2.25 bits per heavy atom. The number of carbonyl (C=O) groups excluding carboxylic acids is 2. The van der Waals surface area contributed by atoms with Gasteiger partial charge in [-0.05, 0) is 49.3 Å². The third kappa shape index (κ3) is 1.50. The molecule has 20 heavy (non-hydrogen) atoms. The van der Waals surface area contributed by atoms with Crippen molar-refractivity contribution in [1.29, 1.82) is 0 Å². The topological polar surface area (TPSA) is 37.4 Å². The van der Waals surface area contributed by atoms with Gasteiger partial charge in [-0.25, -0.2) is 9.29 Å². The van der Waals surface area contributed by atoms with Gasteiger partial charge >= 0.3 is 0 Å². The number of fused-ring (bicyclic) bond motifs is 5. The summed E-state index contributed by atoms with van der Waals surface area (Å²) >= 11 is 3.18. The zero-order valence-corrected chi connectivity index (χ0v) is 12.3. The molecule has 1 heterocycles. The van der Waals surface area contributed by atoms with Gasteiger partial charge in [0.2, 0.25) is 11.8 Å². The molecule has 104 valence electrons. The molecule has 3 nitrogen and oxygen atoms in total. The average molecular weight is 338 g/mol. The van der Waals surface area contributed by atoms with Crippen LogP contribution in [0.1, 0.15) is 19.3 Å². The highest BCUT2D eigenvalue weighted by atomic mass is 79.9. The maximum Gasteiger partial charge on any atom is 0.238 e. The number of hydrogen-bond donors (Lipinski definition) is 0. The molecule has 1 saturated heterocycles. The van der Waals surface area contributed by atoms with Crippen LogP contribution in [0.25, 0.3) is 0 Å². The highest BCUT2D eigenvalue weighted by Gasteiger charge is 2.61. The molecule has 0 spiro atoms. The van der Waals surface area contributed by atoms with Crippen molar-refractivity contribution in [3.8, 4) is 0 Å². The van der Waals surface area contributed by atoms with E-state index in [1.165, 1.54) is 12.1 Å². The number of amides is 2. The van der Waals surface area contributed by atoms with Gasteiger partial charge in [0.1, 0.15) is 5.82 Å². The Hall–Kier alpha value is -1.23. The molecule has 0 radical (unpaired) electrons. The molecule has 2 bridgehead atoms. The number of rotatable bonds is 1. The van der Waals surface area contributed by atoms with E-state index in [-0.39, 0.29) is 29.3 Å². The zero-order valence-electron chi connectivity index (χ0n) is 10.7. The molecule has 3 aliphatic rings. The second-order valence-corrected chi connectivity index (χ2v) is 6.91. The molecule has 0 N–H and O–H groups in total. The van der Waals surface area contributed by atoms with E-state index in [1.807, 2.05) is 0 Å². The standard InChI is InChI=1S/C15H13BrFNO2/c16-9-3-4-11(10(17)6-9)18-14(19)12-7-1-2-8(5-7)13(12)15(18)20/h3-4,6-8,12-13H,1-2,5H2. The van der Waals surface area contributed by atoms with Gasteiger partial charge in [-0.2, -0.15) is 0 Å². The molecular formula is C15H13BrFNO2. The van der Waals surface area contributed by atoms with Gasteiger partial charge in [-0.3, -0.25) is 9.59 Å². The summed E-state index contributed by atoms with van der Waals surface area (Å²) in [5, 5.41) is 0. The lowest BCUT2D eigenvalue weighted by molar-refractivity contribution is -0.123. The van der Waals surface area contributed by atoms with Crippen molar-refractivity contribution in [3.05, 3.63) is 28.5 Å². The maximum absolute atomic E-state index is 14.1. The molecule has 3 fully saturated rings. The minimum absolute atomic E-state index is 0.0944. The SMILES string of the molecule is O=C1C2C3CCC(C3)C2C(=O)N1c1ccc(Br)cc1F. The Balaban J connectivity index is 1.77. The van der Waals surface area contributed by atoms with Crippen molar-refractivity contribution in [2.45, 2.75) is 19.3 Å². The molecule has 2 aliphatic carbocycles. The van der Waals surface area contributed by atoms with Crippen LogP contribution < -0.4 is 4.90 Å². The minimum atomic E-state index is -0.534. The van der Waals surface area contributed by atoms with Gasteiger partial charge in [0.25, 0.3) is 0 Å². The highest BCUT2D eigenvalue weighted by Crippen LogP contribution is 2.56. The molecule has 4 atom stereocenters. The monoisotopic (exact) mass is 337 g/mol. The predicted octanol–water partition coefficient (Wildman–Crippen LogP) is 3.12. The van der Waals surface area contributed by atoms with Crippen LogP contribution in [0.15, 0.2) is 22.7 Å². The second-order valence-electron chi connectivity index (χ2n) is 5.99. The van der Waals surface area contributed by atoms with Crippen LogP contribution in [0.4, 0.5) is 10.1 Å². The van der Waals surface area contributed by atoms with Gasteiger partial charge in [0.05, 0.1) is 17.5 Å². The summed E-state index contributed by atoms with van der Waals surface area (Å²) in [6, 6.07) is 4.44. The third-order valence-corrected chi connectivity index (χ3v) is 5.57. The van der Waals surface area contributed by atoms with E-state index in [9.17, 15) is 14.0 Å². The summed E-state index contributed by atoms with van der Waals surface area (Å²) in [4.78, 5) is 26.2. The summed E-state index contributed by atoms with van der Waals surface area (Å²) in [7, 11) is 0. The van der Waals surface area contributed by atoms with Crippen molar-refractivity contribution in [1.82, 2.24) is 0 Å². The van der Waals surface area contributed by atoms with Crippen molar-refractivity contribution >= 4 is 33.4 Å². The van der Waals surface area contributed by atoms with Crippen molar-refractivity contribution in [2.75, 3.05) is 4.90 Å². The van der Waals surface area contributed by atoms with Crippen LogP contribution >= 0.6 is 15.9 Å². The fourth-order valence-electron chi connectivity index (χ4n) is 4.31. The number of nitrogens with zero attached hydrogens (tertiary/aromatic N) is 1. The zero-order chi connectivity index (χ0) is 14.0. The first-order valence-electron chi connectivity index (χ1n) is 6.91. The number of hydrogen-bond acceptors (Lipinski definition) is 2. The van der Waals surface area contributed by atoms with Crippen LogP contribution in [0, 0.1) is 29.5 Å². The van der Waals surface area contributed by atoms with Gasteiger partial charge < -0.3 is 0 Å². The fourth-order valence-corrected chi connectivity index (χ4v) is 4.64. The van der Waals surface area contributed by atoms with Crippen LogP contribution in [0.5, 0.6) is 0 Å². The van der Waals surface area contributed by atoms with Gasteiger partial charge in [-0.15, -0.1) is 0 Å². The van der Waals surface area contributed by atoms with Crippen molar-refractivity contribution in [3.63, 3.8) is 0 Å². The highest BCUT2D eigenvalue weighted by molar-refractivity contribution is 9.10. The van der Waals surface area contributed by atoms with Crippen LogP contribution in [0.3, 0.4) is 0 Å². The van der Waals surface area contributed by atoms with E-state index in [0.717, 1.165) is 24.2 Å². The Labute approximate surface area is 124 Å². The molecule has 4 unspecified atom stereocenters. The number of anilines is 1. The lowest BCUT2D eigenvalue weighted by atomic mass is 9.81. The van der Waals surface area contributed by atoms with Gasteiger partial charge in [0.15, 0.2) is 0 Å². The molecule has 5 heteroatoms. The van der Waals surface area contributed by atoms with Crippen molar-refractivity contribution < 1.29 is 14.0 Å². The van der Waals surface area contributed by atoms with E-state index in [1.54, 1.807) is 6.07 Å². The van der Waals surface area contributed by atoms with Crippen LogP contribution in [-0.2, 0) is 9.59 Å². The number of carbonyl (C=O) groups is 2. The molecule has 1 aliphatic heterocycles. The van der Waals surface area contributed by atoms with Gasteiger partial charge in [0, 0.05) is 4.47 Å². The molecule has 4 rings (SSSR count). The molecular weight excluding hydrogens is 325 g/mol. The minimum Gasteiger partial charge on any atom is -0.274 e. The number of imide groups is 1. The number of halogens is 2. The predicted molar refractivity (Wildman–Crippen MR) is 74.4 cm³/mol. The fraction of sp³-hybridized carbons (Fsp3) is 0.467. The largest absolute Gasteiger partial charge is 0.274 e. The first-order valence-corrected chi connectivity index (χ1v) is 7.70. The summed E-state index contributed by atoms with van der Waals surface area (Å²) in [6.45, 7) is 0. The molecule has 2 amide bonds. The smallest absolute Gasteiger partial charge is 0.238 e. The third-order valence-electron chi connectivity index (χ3n) is 5.08. The van der Waals surface area contributed by atoms with E-state index in [2.05, 4.69) is 15.9 Å². The Morgan fingerprint density at radius 1 is 1.10 bits per heavy atom. The first-order chi connectivity index (χ1) is 9.58. The van der Waals surface area contributed by atoms with Crippen molar-refractivity contribution in [2.24, 2.45) is 23.7 Å². The Bertz CT molecular complexity index is 604. The Morgan fingerprint density at radius 2 is 1.70 bits per heavy atom. The van der Waals surface area contributed by atoms with Crippen LogP contribution in [0.2, 0.25) is 0 Å². The van der Waals surface area contributed by atoms with Crippen LogP contribution in [-0.4, -0.2) is 11.8 Å². The molecule has 2 saturated carbocycles. The normalized spacial score (nSPS) is 35.0. The summed E-state index contributed by atoms with van der Waals surface area (Å²) in [5.74, 6) is -0.696. The lowest BCUT2D eigenvalue weighted by Gasteiger charge is -2.19. The summed E-state index contributed by atoms with van der Waals surface area (Å²) in [5.41, 5.74) is 0.0944. The summed E-state index contributed by atoms with van der Waals surface area (Å²) in [6.07, 6.45) is 3.05. The van der Waals surface area contributed by atoms with E-state index in [4.69, 9.17) is 0 Å². The van der Waals surface area contributed by atoms with E-state index >= 15 is 0 Å². The molecule has 1 aromatic carbocycles. The lowest BCUT2D eigenvalue weighted by Crippen LogP contribution is -2.33. The Kier molecular flexibility index (Phi) is 2.58. The maximum atomic E-state index is 14.1. The van der Waals surface area contributed by atoms with E-state index < -0.39 is 5.82 Å². The number of benzene rings is 1.